The van der Waals surface area contributed by atoms with Crippen molar-refractivity contribution in [2.45, 2.75) is 45.6 Å². The first-order chi connectivity index (χ1) is 13.2. The third-order valence-corrected chi connectivity index (χ3v) is 4.07. The summed E-state index contributed by atoms with van der Waals surface area (Å²) in [6, 6.07) is 14.4. The molecule has 2 rings (SSSR count). The van der Waals surface area contributed by atoms with Gasteiger partial charge in [0.05, 0.1) is 12.4 Å². The molecule has 2 N–H and O–H groups in total. The third-order valence-electron chi connectivity index (χ3n) is 4.07. The van der Waals surface area contributed by atoms with Gasteiger partial charge in [0.2, 0.25) is 0 Å². The van der Waals surface area contributed by atoms with E-state index >= 15 is 0 Å². The molecule has 0 saturated carbocycles. The van der Waals surface area contributed by atoms with Crippen LogP contribution < -0.4 is 10.6 Å². The van der Waals surface area contributed by atoms with E-state index in [2.05, 4.69) is 48.7 Å². The molecule has 1 heterocycles. The lowest BCUT2D eigenvalue weighted by molar-refractivity contribution is 0.0763. The van der Waals surface area contributed by atoms with E-state index in [1.807, 2.05) is 18.2 Å². The number of guanidine groups is 1. The van der Waals surface area contributed by atoms with Crippen LogP contribution in [0.25, 0.3) is 0 Å². The molecule has 0 aliphatic heterocycles. The van der Waals surface area contributed by atoms with Crippen molar-refractivity contribution in [3.05, 3.63) is 60.1 Å². The van der Waals surface area contributed by atoms with Gasteiger partial charge in [-0.1, -0.05) is 30.3 Å². The predicted molar refractivity (Wildman–Crippen MR) is 111 cm³/mol. The number of nitrogens with one attached hydrogen (secondary N) is 2. The molecule has 0 fully saturated rings. The summed E-state index contributed by atoms with van der Waals surface area (Å²) in [5.41, 5.74) is 1.32. The highest BCUT2D eigenvalue weighted by molar-refractivity contribution is 5.79. The summed E-state index contributed by atoms with van der Waals surface area (Å²) < 4.78 is 11.0. The highest BCUT2D eigenvalue weighted by atomic mass is 16.5. The van der Waals surface area contributed by atoms with Crippen LogP contribution in [0.1, 0.15) is 38.0 Å². The molecule has 0 spiro atoms. The fraction of sp³-hybridized carbons (Fsp3) is 0.500. The van der Waals surface area contributed by atoms with Crippen molar-refractivity contribution in [3.63, 3.8) is 0 Å². The molecule has 0 unspecified atom stereocenters. The van der Waals surface area contributed by atoms with Crippen LogP contribution in [0.5, 0.6) is 0 Å². The molecule has 5 nitrogen and oxygen atoms in total. The summed E-state index contributed by atoms with van der Waals surface area (Å²) in [6.07, 6.45) is 5.88. The van der Waals surface area contributed by atoms with Gasteiger partial charge in [-0.3, -0.25) is 4.99 Å². The first kappa shape index (κ1) is 21.0. The second-order valence-electron chi connectivity index (χ2n) is 6.78. The lowest BCUT2D eigenvalue weighted by atomic mass is 10.1. The minimum absolute atomic E-state index is 0.298. The summed E-state index contributed by atoms with van der Waals surface area (Å²) >= 11 is 0. The van der Waals surface area contributed by atoms with Crippen molar-refractivity contribution >= 4 is 5.96 Å². The van der Waals surface area contributed by atoms with Gasteiger partial charge in [-0.2, -0.15) is 0 Å². The fourth-order valence-electron chi connectivity index (χ4n) is 2.63. The van der Waals surface area contributed by atoms with E-state index in [0.29, 0.717) is 6.10 Å². The SMILES string of the molecule is CC(C)OCCCCN=C(NCCc1ccccc1)NCCc1ccco1. The second kappa shape index (κ2) is 13.0. The molecular weight excluding hydrogens is 338 g/mol. The van der Waals surface area contributed by atoms with Gasteiger partial charge in [-0.05, 0) is 50.8 Å². The number of benzene rings is 1. The van der Waals surface area contributed by atoms with Gasteiger partial charge in [0.1, 0.15) is 5.76 Å². The summed E-state index contributed by atoms with van der Waals surface area (Å²) in [5, 5.41) is 6.84. The molecule has 0 amide bonds. The van der Waals surface area contributed by atoms with Crippen LogP contribution in [-0.2, 0) is 17.6 Å². The van der Waals surface area contributed by atoms with Crippen molar-refractivity contribution in [1.82, 2.24) is 10.6 Å². The molecule has 0 aliphatic rings. The van der Waals surface area contributed by atoms with Crippen molar-refractivity contribution in [1.29, 1.82) is 0 Å². The predicted octanol–water partition coefficient (Wildman–Crippen LogP) is 3.81. The zero-order valence-electron chi connectivity index (χ0n) is 16.6. The molecule has 5 heteroatoms. The van der Waals surface area contributed by atoms with E-state index in [0.717, 1.165) is 63.6 Å². The number of hydrogen-bond donors (Lipinski definition) is 2. The Morgan fingerprint density at radius 1 is 1.00 bits per heavy atom. The molecule has 1 aromatic carbocycles. The molecule has 0 aliphatic carbocycles. The Bertz CT molecular complexity index is 624. The highest BCUT2D eigenvalue weighted by Gasteiger charge is 2.01. The lowest BCUT2D eigenvalue weighted by Crippen LogP contribution is -2.39. The maximum atomic E-state index is 5.58. The number of aliphatic imine (C=N–C) groups is 1. The summed E-state index contributed by atoms with van der Waals surface area (Å²) in [7, 11) is 0. The smallest absolute Gasteiger partial charge is 0.191 e. The Labute approximate surface area is 163 Å². The largest absolute Gasteiger partial charge is 0.469 e. The lowest BCUT2D eigenvalue weighted by Gasteiger charge is -2.12. The number of nitrogens with zero attached hydrogens (tertiary/aromatic N) is 1. The number of rotatable bonds is 12. The maximum Gasteiger partial charge on any atom is 0.191 e. The monoisotopic (exact) mass is 371 g/mol. The van der Waals surface area contributed by atoms with Gasteiger partial charge in [-0.15, -0.1) is 0 Å². The van der Waals surface area contributed by atoms with Gasteiger partial charge in [0.15, 0.2) is 5.96 Å². The van der Waals surface area contributed by atoms with Crippen LogP contribution in [0.4, 0.5) is 0 Å². The fourth-order valence-corrected chi connectivity index (χ4v) is 2.63. The standard InChI is InChI=1S/C22H33N3O2/c1-19(2)26-17-7-6-14-23-22(25-16-13-21-11-8-18-27-21)24-15-12-20-9-4-3-5-10-20/h3-5,8-11,18-19H,6-7,12-17H2,1-2H3,(H2,23,24,25). The van der Waals surface area contributed by atoms with Gasteiger partial charge in [0.25, 0.3) is 0 Å². The van der Waals surface area contributed by atoms with Gasteiger partial charge in [0, 0.05) is 32.7 Å². The average molecular weight is 372 g/mol. The highest BCUT2D eigenvalue weighted by Crippen LogP contribution is 2.00. The summed E-state index contributed by atoms with van der Waals surface area (Å²) in [6.45, 7) is 7.37. The average Bonchev–Trinajstić information content (AvgIpc) is 3.18. The minimum Gasteiger partial charge on any atom is -0.469 e. The Balaban J connectivity index is 1.72. The Kier molecular flexibility index (Phi) is 10.1. The third kappa shape index (κ3) is 9.85. The molecule has 1 aromatic heterocycles. The first-order valence-electron chi connectivity index (χ1n) is 9.94. The molecule has 0 radical (unpaired) electrons. The quantitative estimate of drug-likeness (QED) is 0.338. The van der Waals surface area contributed by atoms with Crippen LogP contribution >= 0.6 is 0 Å². The van der Waals surface area contributed by atoms with E-state index in [1.165, 1.54) is 5.56 Å². The van der Waals surface area contributed by atoms with Crippen molar-refractivity contribution in [3.8, 4) is 0 Å². The molecule has 0 saturated heterocycles. The van der Waals surface area contributed by atoms with E-state index in [9.17, 15) is 0 Å². The Hall–Kier alpha value is -2.27. The molecular formula is C22H33N3O2. The van der Waals surface area contributed by atoms with E-state index in [4.69, 9.17) is 14.1 Å². The topological polar surface area (TPSA) is 58.8 Å². The number of unbranched alkanes of at least 4 members (excludes halogenated alkanes) is 1. The molecule has 0 bridgehead atoms. The van der Waals surface area contributed by atoms with E-state index in [-0.39, 0.29) is 0 Å². The zero-order valence-corrected chi connectivity index (χ0v) is 16.6. The van der Waals surface area contributed by atoms with Crippen LogP contribution in [0.2, 0.25) is 0 Å². The first-order valence-corrected chi connectivity index (χ1v) is 9.94. The van der Waals surface area contributed by atoms with Crippen molar-refractivity contribution < 1.29 is 9.15 Å². The molecule has 27 heavy (non-hydrogen) atoms. The van der Waals surface area contributed by atoms with Gasteiger partial charge >= 0.3 is 0 Å². The number of furan rings is 1. The van der Waals surface area contributed by atoms with Crippen LogP contribution in [0.3, 0.4) is 0 Å². The van der Waals surface area contributed by atoms with Crippen LogP contribution in [-0.4, -0.2) is 38.3 Å². The molecule has 148 valence electrons. The Morgan fingerprint density at radius 2 is 1.78 bits per heavy atom. The number of ether oxygens (including phenoxy) is 1. The van der Waals surface area contributed by atoms with Crippen molar-refractivity contribution in [2.24, 2.45) is 4.99 Å². The van der Waals surface area contributed by atoms with Crippen molar-refractivity contribution in [2.75, 3.05) is 26.2 Å². The number of hydrogen-bond acceptors (Lipinski definition) is 3. The summed E-state index contributed by atoms with van der Waals surface area (Å²) in [4.78, 5) is 4.70. The normalized spacial score (nSPS) is 11.7. The maximum absolute atomic E-state index is 5.58. The van der Waals surface area contributed by atoms with E-state index < -0.39 is 0 Å². The minimum atomic E-state index is 0.298. The van der Waals surface area contributed by atoms with Gasteiger partial charge in [-0.25, -0.2) is 0 Å². The zero-order chi connectivity index (χ0) is 19.2. The molecule has 0 atom stereocenters. The second-order valence-corrected chi connectivity index (χ2v) is 6.78. The van der Waals surface area contributed by atoms with E-state index in [1.54, 1.807) is 6.26 Å². The van der Waals surface area contributed by atoms with Crippen LogP contribution in [0, 0.1) is 0 Å². The van der Waals surface area contributed by atoms with Crippen LogP contribution in [0.15, 0.2) is 58.1 Å². The molecule has 2 aromatic rings. The van der Waals surface area contributed by atoms with Gasteiger partial charge < -0.3 is 19.8 Å². The Morgan fingerprint density at radius 3 is 2.48 bits per heavy atom. The summed E-state index contributed by atoms with van der Waals surface area (Å²) in [5.74, 6) is 1.85.